The molecule has 5 rings (SSSR count). The van der Waals surface area contributed by atoms with Crippen molar-refractivity contribution in [2.45, 2.75) is 18.9 Å². The van der Waals surface area contributed by atoms with Crippen LogP contribution in [0.2, 0.25) is 0 Å². The maximum atomic E-state index is 15.0. The molecule has 1 aliphatic rings. The molecule has 1 N–H and O–H groups in total. The molecule has 1 aliphatic heterocycles. The normalized spacial score (nSPS) is 15.6. The van der Waals surface area contributed by atoms with E-state index in [0.29, 0.717) is 40.8 Å². The average Bonchev–Trinajstić information content (AvgIpc) is 3.31. The van der Waals surface area contributed by atoms with Crippen LogP contribution in [0.1, 0.15) is 29.2 Å². The maximum absolute atomic E-state index is 15.0. The summed E-state index contributed by atoms with van der Waals surface area (Å²) in [7, 11) is 0. The molecule has 0 saturated carbocycles. The molecule has 2 amide bonds. The number of aromatic nitrogens is 4. The van der Waals surface area contributed by atoms with Crippen LogP contribution in [-0.4, -0.2) is 49.6 Å². The number of hydrogen-bond donors (Lipinski definition) is 1. The SMILES string of the molecule is C=CC(=O)N1CCCC(n2nc(-c3ccc(C(=O)Nc4ncccc4F)cc3)c3cncc(F)c32)C1. The van der Waals surface area contributed by atoms with E-state index in [1.165, 1.54) is 24.4 Å². The number of likely N-dealkylation sites (tertiary alicyclic amines) is 1. The number of halogens is 2. The second kappa shape index (κ2) is 9.65. The van der Waals surface area contributed by atoms with Crippen molar-refractivity contribution < 1.29 is 18.4 Å². The predicted octanol–water partition coefficient (Wildman–Crippen LogP) is 4.37. The van der Waals surface area contributed by atoms with Gasteiger partial charge in [0.15, 0.2) is 17.5 Å². The van der Waals surface area contributed by atoms with Gasteiger partial charge in [-0.3, -0.25) is 19.3 Å². The molecule has 10 heteroatoms. The first kappa shape index (κ1) is 23.3. The summed E-state index contributed by atoms with van der Waals surface area (Å²) in [5.74, 6) is -1.99. The van der Waals surface area contributed by atoms with Gasteiger partial charge in [0.25, 0.3) is 5.91 Å². The first-order valence-corrected chi connectivity index (χ1v) is 11.4. The molecule has 4 heterocycles. The van der Waals surface area contributed by atoms with Gasteiger partial charge in [0.05, 0.1) is 12.2 Å². The van der Waals surface area contributed by atoms with Gasteiger partial charge in [0, 0.05) is 42.0 Å². The lowest BCUT2D eigenvalue weighted by atomic mass is 10.0. The molecular formula is C26H22F2N6O2. The number of nitrogens with zero attached hydrogens (tertiary/aromatic N) is 5. The Balaban J connectivity index is 1.47. The summed E-state index contributed by atoms with van der Waals surface area (Å²) >= 11 is 0. The number of amides is 2. The third kappa shape index (κ3) is 4.33. The lowest BCUT2D eigenvalue weighted by molar-refractivity contribution is -0.127. The minimum atomic E-state index is -0.634. The lowest BCUT2D eigenvalue weighted by Crippen LogP contribution is -2.40. The van der Waals surface area contributed by atoms with Gasteiger partial charge in [0.2, 0.25) is 5.91 Å². The fraction of sp³-hybridized carbons (Fsp3) is 0.192. The highest BCUT2D eigenvalue weighted by Crippen LogP contribution is 2.33. The van der Waals surface area contributed by atoms with Crippen LogP contribution < -0.4 is 5.32 Å². The zero-order valence-electron chi connectivity index (χ0n) is 19.2. The largest absolute Gasteiger partial charge is 0.337 e. The molecule has 1 aromatic carbocycles. The summed E-state index contributed by atoms with van der Waals surface area (Å²) in [6.07, 6.45) is 6.85. The van der Waals surface area contributed by atoms with Crippen molar-refractivity contribution in [1.29, 1.82) is 0 Å². The van der Waals surface area contributed by atoms with Crippen LogP contribution in [-0.2, 0) is 4.79 Å². The number of benzene rings is 1. The standard InChI is InChI=1S/C26H22F2N6O2/c1-2-22(35)33-12-4-5-18(15-33)34-24-19(13-29-14-21(24)28)23(32-34)16-7-9-17(10-8-16)26(36)31-25-20(27)6-3-11-30-25/h2-3,6-11,13-14,18H,1,4-5,12,15H2,(H,30,31,36). The molecule has 0 spiro atoms. The fourth-order valence-corrected chi connectivity index (χ4v) is 4.44. The van der Waals surface area contributed by atoms with Gasteiger partial charge in [-0.2, -0.15) is 5.10 Å². The lowest BCUT2D eigenvalue weighted by Gasteiger charge is -2.32. The van der Waals surface area contributed by atoms with E-state index in [0.717, 1.165) is 19.0 Å². The van der Waals surface area contributed by atoms with Crippen LogP contribution in [0.5, 0.6) is 0 Å². The number of nitrogens with one attached hydrogen (secondary N) is 1. The zero-order valence-corrected chi connectivity index (χ0v) is 19.2. The molecule has 1 atom stereocenters. The van der Waals surface area contributed by atoms with Crippen LogP contribution in [0.4, 0.5) is 14.6 Å². The minimum Gasteiger partial charge on any atom is -0.337 e. The molecule has 8 nitrogen and oxygen atoms in total. The Labute approximate surface area is 205 Å². The van der Waals surface area contributed by atoms with E-state index in [1.807, 2.05) is 0 Å². The monoisotopic (exact) mass is 488 g/mol. The second-order valence-corrected chi connectivity index (χ2v) is 8.46. The Morgan fingerprint density at radius 3 is 2.67 bits per heavy atom. The Morgan fingerprint density at radius 2 is 1.92 bits per heavy atom. The molecule has 182 valence electrons. The van der Waals surface area contributed by atoms with E-state index in [2.05, 4.69) is 21.9 Å². The Hall–Kier alpha value is -4.47. The van der Waals surface area contributed by atoms with Gasteiger partial charge in [-0.15, -0.1) is 0 Å². The van der Waals surface area contributed by atoms with Crippen molar-refractivity contribution >= 4 is 28.5 Å². The van der Waals surface area contributed by atoms with Crippen molar-refractivity contribution in [3.05, 3.63) is 84.8 Å². The van der Waals surface area contributed by atoms with Crippen molar-refractivity contribution in [2.24, 2.45) is 0 Å². The van der Waals surface area contributed by atoms with Crippen molar-refractivity contribution in [3.8, 4) is 11.3 Å². The van der Waals surface area contributed by atoms with Crippen molar-refractivity contribution in [2.75, 3.05) is 18.4 Å². The Morgan fingerprint density at radius 1 is 1.11 bits per heavy atom. The van der Waals surface area contributed by atoms with Crippen LogP contribution in [0, 0.1) is 11.6 Å². The third-order valence-electron chi connectivity index (χ3n) is 6.20. The van der Waals surface area contributed by atoms with Gasteiger partial charge in [-0.05, 0) is 43.2 Å². The number of pyridine rings is 2. The smallest absolute Gasteiger partial charge is 0.256 e. The highest BCUT2D eigenvalue weighted by molar-refractivity contribution is 6.04. The molecule has 3 aromatic heterocycles. The topological polar surface area (TPSA) is 93.0 Å². The number of piperidine rings is 1. The third-order valence-corrected chi connectivity index (χ3v) is 6.20. The molecule has 0 radical (unpaired) electrons. The van der Waals surface area contributed by atoms with E-state index in [9.17, 15) is 18.4 Å². The first-order chi connectivity index (χ1) is 17.5. The van der Waals surface area contributed by atoms with E-state index < -0.39 is 17.5 Å². The minimum absolute atomic E-state index is 0.158. The number of rotatable bonds is 5. The molecular weight excluding hydrogens is 466 g/mol. The number of carbonyl (C=O) groups excluding carboxylic acids is 2. The molecule has 1 unspecified atom stereocenters. The highest BCUT2D eigenvalue weighted by Gasteiger charge is 2.28. The van der Waals surface area contributed by atoms with Crippen LogP contribution in [0.3, 0.4) is 0 Å². The molecule has 1 saturated heterocycles. The molecule has 0 aliphatic carbocycles. The molecule has 0 bridgehead atoms. The summed E-state index contributed by atoms with van der Waals surface area (Å²) in [6.45, 7) is 4.57. The summed E-state index contributed by atoms with van der Waals surface area (Å²) < 4.78 is 30.4. The van der Waals surface area contributed by atoms with E-state index in [-0.39, 0.29) is 17.8 Å². The maximum Gasteiger partial charge on any atom is 0.256 e. The van der Waals surface area contributed by atoms with Gasteiger partial charge in [0.1, 0.15) is 11.2 Å². The van der Waals surface area contributed by atoms with E-state index in [4.69, 9.17) is 5.10 Å². The second-order valence-electron chi connectivity index (χ2n) is 8.46. The van der Waals surface area contributed by atoms with Crippen LogP contribution in [0.25, 0.3) is 22.2 Å². The van der Waals surface area contributed by atoms with Crippen LogP contribution in [0.15, 0.2) is 67.6 Å². The molecule has 36 heavy (non-hydrogen) atoms. The van der Waals surface area contributed by atoms with Crippen LogP contribution >= 0.6 is 0 Å². The van der Waals surface area contributed by atoms with Gasteiger partial charge in [-0.1, -0.05) is 18.7 Å². The summed E-state index contributed by atoms with van der Waals surface area (Å²) in [4.78, 5) is 34.2. The van der Waals surface area contributed by atoms with Crippen molar-refractivity contribution in [3.63, 3.8) is 0 Å². The Bertz CT molecular complexity index is 1470. The predicted molar refractivity (Wildman–Crippen MR) is 130 cm³/mol. The van der Waals surface area contributed by atoms with Crippen molar-refractivity contribution in [1.82, 2.24) is 24.6 Å². The number of carbonyl (C=O) groups is 2. The fourth-order valence-electron chi connectivity index (χ4n) is 4.44. The Kier molecular flexibility index (Phi) is 6.24. The molecule has 1 fully saturated rings. The van der Waals surface area contributed by atoms with Gasteiger partial charge in [-0.25, -0.2) is 13.8 Å². The zero-order chi connectivity index (χ0) is 25.2. The number of hydrogen-bond acceptors (Lipinski definition) is 5. The molecule has 4 aromatic rings. The first-order valence-electron chi connectivity index (χ1n) is 11.4. The summed E-state index contributed by atoms with van der Waals surface area (Å²) in [5.41, 5.74) is 1.77. The van der Waals surface area contributed by atoms with Gasteiger partial charge >= 0.3 is 0 Å². The number of anilines is 1. The quantitative estimate of drug-likeness (QED) is 0.421. The summed E-state index contributed by atoms with van der Waals surface area (Å²) in [5, 5.41) is 7.70. The van der Waals surface area contributed by atoms with E-state index >= 15 is 0 Å². The summed E-state index contributed by atoms with van der Waals surface area (Å²) in [6, 6.07) is 8.96. The average molecular weight is 488 g/mol. The van der Waals surface area contributed by atoms with Gasteiger partial charge < -0.3 is 10.2 Å². The van der Waals surface area contributed by atoms with E-state index in [1.54, 1.807) is 40.0 Å². The highest BCUT2D eigenvalue weighted by atomic mass is 19.1. The number of fused-ring (bicyclic) bond motifs is 1.